The second-order valence-corrected chi connectivity index (χ2v) is 17.0. The number of aliphatic hydroxyl groups excluding tert-OH is 1. The zero-order chi connectivity index (χ0) is 48.8. The molecule has 17 heteroatoms. The predicted octanol–water partition coefficient (Wildman–Crippen LogP) is 5.00. The molecule has 17 nitrogen and oxygen atoms in total. The summed E-state index contributed by atoms with van der Waals surface area (Å²) in [6.45, 7) is 1.92. The topological polar surface area (TPSA) is 212 Å². The van der Waals surface area contributed by atoms with Crippen LogP contribution in [0.15, 0.2) is 127 Å². The van der Waals surface area contributed by atoms with E-state index in [1.807, 2.05) is 77.7 Å². The summed E-state index contributed by atoms with van der Waals surface area (Å²) >= 11 is 0. The molecule has 4 aliphatic rings. The van der Waals surface area contributed by atoms with Gasteiger partial charge in [-0.05, 0) is 76.9 Å². The van der Waals surface area contributed by atoms with E-state index in [0.717, 1.165) is 10.6 Å². The Kier molecular flexibility index (Phi) is 14.1. The number of amides is 5. The van der Waals surface area contributed by atoms with Crippen molar-refractivity contribution in [2.45, 2.75) is 29.6 Å². The van der Waals surface area contributed by atoms with Gasteiger partial charge in [0.05, 0.1) is 56.7 Å². The van der Waals surface area contributed by atoms with Crippen molar-refractivity contribution in [2.24, 2.45) is 11.7 Å². The largest absolute Gasteiger partial charge is 0.491 e. The minimum atomic E-state index is -2.13. The molecule has 0 aliphatic carbocycles. The maximum atomic E-state index is 16.4. The van der Waals surface area contributed by atoms with Crippen LogP contribution in [0.5, 0.6) is 5.75 Å². The molecule has 4 heterocycles. The van der Waals surface area contributed by atoms with E-state index < -0.39 is 65.5 Å². The first-order valence-electron chi connectivity index (χ1n) is 23.0. The molecule has 70 heavy (non-hydrogen) atoms. The number of hydrogen-bond donors (Lipinski definition) is 4. The quantitative estimate of drug-likeness (QED) is 0.0697. The molecule has 0 unspecified atom stereocenters. The number of imide groups is 1. The van der Waals surface area contributed by atoms with Crippen molar-refractivity contribution in [3.05, 3.63) is 155 Å². The van der Waals surface area contributed by atoms with E-state index in [1.54, 1.807) is 54.6 Å². The Hall–Kier alpha value is -7.75. The number of nitrogens with zero attached hydrogens (tertiary/aromatic N) is 3. The van der Waals surface area contributed by atoms with Crippen molar-refractivity contribution < 1.29 is 52.8 Å². The molecular weight excluding hydrogens is 897 g/mol. The number of nitrogens with one attached hydrogen (secondary N) is 2. The Balaban J connectivity index is 1.32. The average Bonchev–Trinajstić information content (AvgIpc) is 3.84. The first-order valence-corrected chi connectivity index (χ1v) is 23.0. The normalized spacial score (nSPS) is 22.6. The maximum absolute atomic E-state index is 16.4. The van der Waals surface area contributed by atoms with Gasteiger partial charge in [0.15, 0.2) is 0 Å². The number of urea groups is 1. The Bertz CT molecular complexity index is 2800. The van der Waals surface area contributed by atoms with Crippen LogP contribution < -0.4 is 30.9 Å². The van der Waals surface area contributed by atoms with Crippen molar-refractivity contribution in [2.75, 3.05) is 81.5 Å². The molecule has 3 fully saturated rings. The zero-order valence-electron chi connectivity index (χ0n) is 38.3. The third-order valence-corrected chi connectivity index (χ3v) is 13.1. The van der Waals surface area contributed by atoms with Gasteiger partial charge in [0.2, 0.25) is 11.8 Å². The molecule has 0 radical (unpaired) electrons. The van der Waals surface area contributed by atoms with E-state index in [0.29, 0.717) is 60.0 Å². The summed E-state index contributed by atoms with van der Waals surface area (Å²) in [7, 11) is 1.45. The summed E-state index contributed by atoms with van der Waals surface area (Å²) in [5.74, 6) is 2.31. The van der Waals surface area contributed by atoms with Gasteiger partial charge in [-0.2, -0.15) is 0 Å². The van der Waals surface area contributed by atoms with Crippen molar-refractivity contribution >= 4 is 47.0 Å². The molecule has 6 atom stereocenters. The number of esters is 1. The summed E-state index contributed by atoms with van der Waals surface area (Å²) in [6, 6.07) is 33.3. The van der Waals surface area contributed by atoms with Gasteiger partial charge in [-0.25, -0.2) is 14.5 Å². The van der Waals surface area contributed by atoms with Crippen LogP contribution in [-0.4, -0.2) is 112 Å². The van der Waals surface area contributed by atoms with Gasteiger partial charge >= 0.3 is 18.1 Å². The minimum Gasteiger partial charge on any atom is -0.491 e. The summed E-state index contributed by atoms with van der Waals surface area (Å²) in [6.07, 6.45) is -1.99. The highest BCUT2D eigenvalue weighted by molar-refractivity contribution is 6.24. The Labute approximate surface area is 404 Å². The molecule has 9 rings (SSSR count). The maximum Gasteiger partial charge on any atom is 0.421 e. The number of ether oxygens (including phenoxy) is 5. The van der Waals surface area contributed by atoms with Crippen molar-refractivity contribution in [1.82, 2.24) is 10.2 Å². The Morgan fingerprint density at radius 1 is 0.829 bits per heavy atom. The van der Waals surface area contributed by atoms with Gasteiger partial charge in [-0.3, -0.25) is 19.3 Å². The van der Waals surface area contributed by atoms with Crippen LogP contribution >= 0.6 is 0 Å². The number of cyclic esters (lactones) is 1. The molecule has 1 spiro atoms. The average molecular weight is 949 g/mol. The van der Waals surface area contributed by atoms with Gasteiger partial charge in [0, 0.05) is 37.1 Å². The molecule has 5 aromatic carbocycles. The lowest BCUT2D eigenvalue weighted by Crippen LogP contribution is -2.54. The van der Waals surface area contributed by atoms with Crippen molar-refractivity contribution in [3.8, 4) is 17.6 Å². The molecule has 360 valence electrons. The summed E-state index contributed by atoms with van der Waals surface area (Å²) in [4.78, 5) is 78.9. The number of aliphatic hydroxyl groups is 1. The summed E-state index contributed by atoms with van der Waals surface area (Å²) in [5, 5.41) is 15.3. The lowest BCUT2D eigenvalue weighted by molar-refractivity contribution is -0.177. The lowest BCUT2D eigenvalue weighted by Gasteiger charge is -2.46. The number of methoxy groups -OCH3 is 1. The number of anilines is 3. The number of carbonyl (C=O) groups is 5. The number of morpholine rings is 2. The summed E-state index contributed by atoms with van der Waals surface area (Å²) in [5.41, 5.74) is 6.99. The third-order valence-electron chi connectivity index (χ3n) is 13.1. The smallest absolute Gasteiger partial charge is 0.421 e. The first-order chi connectivity index (χ1) is 34.1. The molecule has 5 N–H and O–H groups in total. The summed E-state index contributed by atoms with van der Waals surface area (Å²) < 4.78 is 29.0. The van der Waals surface area contributed by atoms with Gasteiger partial charge in [0.1, 0.15) is 36.5 Å². The van der Waals surface area contributed by atoms with E-state index in [4.69, 9.17) is 29.4 Å². The number of benzene rings is 5. The molecule has 5 amide bonds. The van der Waals surface area contributed by atoms with Crippen molar-refractivity contribution in [1.29, 1.82) is 0 Å². The number of primary amides is 1. The van der Waals surface area contributed by atoms with Gasteiger partial charge in [0.25, 0.3) is 0 Å². The SMILES string of the molecule is COCCOC(=O)N1C(=O)[C@@]2(c3cc(C#CCNC(N)=O)ccc31)[C@H](C(=O)Nc1ccc(N3CCOCC3)cc1)[C@H]1C(=O)O[C@H](c3ccccc3)[C@H](c3ccccc3)N1[C@@H]2c1cccc(OCCO)c1. The van der Waals surface area contributed by atoms with Crippen LogP contribution in [0.4, 0.5) is 26.7 Å². The highest BCUT2D eigenvalue weighted by Gasteiger charge is 2.76. The highest BCUT2D eigenvalue weighted by atomic mass is 16.6. The number of rotatable bonds is 13. The van der Waals surface area contributed by atoms with Crippen molar-refractivity contribution in [3.63, 3.8) is 0 Å². The lowest BCUT2D eigenvalue weighted by atomic mass is 9.65. The highest BCUT2D eigenvalue weighted by Crippen LogP contribution is 2.66. The molecule has 4 aliphatic heterocycles. The second-order valence-electron chi connectivity index (χ2n) is 17.0. The monoisotopic (exact) mass is 948 g/mol. The van der Waals surface area contributed by atoms with E-state index in [2.05, 4.69) is 27.4 Å². The van der Waals surface area contributed by atoms with E-state index in [9.17, 15) is 14.7 Å². The predicted molar refractivity (Wildman–Crippen MR) is 257 cm³/mol. The van der Waals surface area contributed by atoms with Crippen LogP contribution in [0.1, 0.15) is 46.0 Å². The zero-order valence-corrected chi connectivity index (χ0v) is 38.3. The number of carbonyl (C=O) groups excluding carboxylic acids is 5. The number of nitrogens with two attached hydrogens (primary N) is 1. The molecule has 5 aromatic rings. The van der Waals surface area contributed by atoms with E-state index in [1.165, 1.54) is 7.11 Å². The van der Waals surface area contributed by atoms with Gasteiger partial charge in [-0.1, -0.05) is 84.6 Å². The molecule has 0 aromatic heterocycles. The van der Waals surface area contributed by atoms with Crippen LogP contribution in [0.25, 0.3) is 0 Å². The fourth-order valence-electron chi connectivity index (χ4n) is 10.3. The van der Waals surface area contributed by atoms with E-state index in [-0.39, 0.29) is 44.2 Å². The third kappa shape index (κ3) is 9.01. The second kappa shape index (κ2) is 20.9. The molecule has 0 bridgehead atoms. The van der Waals surface area contributed by atoms with Crippen LogP contribution in [-0.2, 0) is 38.7 Å². The standard InChI is InChI=1S/C53H52N6O11/c1-66-30-31-69-52(65)58-42-22-17-34(10-9-23-55-51(54)64)32-41(42)53(50(58)63)43(48(61)56-38-18-20-39(21-19-38)57-24-27-67-28-25-57)45-49(62)70-46(36-13-6-3-7-14-36)44(35-11-4-2-5-12-35)59(45)47(53)37-15-8-16-40(33-37)68-29-26-60/h2-8,11-22,32-33,43-47,60H,23-31H2,1H3,(H,56,61)(H3,54,55,64)/t43-,44-,45-,46+,47+,53-/m0/s1. The Morgan fingerprint density at radius 2 is 1.54 bits per heavy atom. The van der Waals surface area contributed by atoms with Crippen LogP contribution in [0.3, 0.4) is 0 Å². The molecule has 0 saturated carbocycles. The van der Waals surface area contributed by atoms with Crippen LogP contribution in [0.2, 0.25) is 0 Å². The fraction of sp³-hybridized carbons (Fsp3) is 0.302. The van der Waals surface area contributed by atoms with Gasteiger partial charge < -0.3 is 50.1 Å². The first kappa shape index (κ1) is 47.3. The number of fused-ring (bicyclic) bond motifs is 3. The molecule has 3 saturated heterocycles. The molecular formula is C53H52N6O11. The minimum absolute atomic E-state index is 0.0274. The Morgan fingerprint density at radius 3 is 2.24 bits per heavy atom. The van der Waals surface area contributed by atoms with E-state index >= 15 is 14.4 Å². The van der Waals surface area contributed by atoms with Gasteiger partial charge in [-0.15, -0.1) is 0 Å². The number of hydrogen-bond acceptors (Lipinski definition) is 13. The fourth-order valence-corrected chi connectivity index (χ4v) is 10.3. The van der Waals surface area contributed by atoms with Crippen LogP contribution in [0, 0.1) is 17.8 Å².